The van der Waals surface area contributed by atoms with Crippen molar-refractivity contribution >= 4 is 222 Å². The van der Waals surface area contributed by atoms with Crippen LogP contribution in [-0.2, 0) is 0 Å². The number of fused-ring (bicyclic) bond motifs is 19. The molecule has 0 fully saturated rings. The molecule has 21 aromatic carbocycles. The van der Waals surface area contributed by atoms with Gasteiger partial charge < -0.3 is 28.0 Å². The van der Waals surface area contributed by atoms with Crippen LogP contribution in [0.25, 0.3) is 193 Å². The molecular formula is C124H79N3O3S3. The normalized spacial score (nSPS) is 11.6. The minimum absolute atomic E-state index is 0.865. The Labute approximate surface area is 779 Å². The van der Waals surface area contributed by atoms with Crippen molar-refractivity contribution in [2.24, 2.45) is 0 Å². The topological polar surface area (TPSA) is 49.1 Å². The monoisotopic (exact) mass is 1750 g/mol. The number of para-hydroxylation sites is 6. The Bertz CT molecular complexity index is 9040. The molecule has 0 saturated heterocycles. The number of benzene rings is 21. The Hall–Kier alpha value is -16.7. The third-order valence-electron chi connectivity index (χ3n) is 25.8. The summed E-state index contributed by atoms with van der Waals surface area (Å²) in [6, 6.07) is 171. The fraction of sp³-hybridized carbons (Fsp3) is 0. The van der Waals surface area contributed by atoms with Crippen LogP contribution >= 0.6 is 34.0 Å². The number of hydrogen-bond donors (Lipinski definition) is 0. The van der Waals surface area contributed by atoms with Crippen molar-refractivity contribution in [3.8, 4) is 55.6 Å². The molecule has 0 unspecified atom stereocenters. The van der Waals surface area contributed by atoms with E-state index < -0.39 is 0 Å². The van der Waals surface area contributed by atoms with Crippen molar-refractivity contribution in [2.75, 3.05) is 14.7 Å². The lowest BCUT2D eigenvalue weighted by molar-refractivity contribution is 0.668. The predicted octanol–water partition coefficient (Wildman–Crippen LogP) is 37.8. The lowest BCUT2D eigenvalue weighted by Gasteiger charge is -2.27. The zero-order valence-corrected chi connectivity index (χ0v) is 74.4. The third-order valence-corrected chi connectivity index (χ3v) is 29.2. The number of nitrogens with zero attached hydrogens (tertiary/aromatic N) is 3. The van der Waals surface area contributed by atoms with Gasteiger partial charge in [0.05, 0.1) is 17.1 Å². The summed E-state index contributed by atoms with van der Waals surface area (Å²) in [6.45, 7) is 0. The Morgan fingerprint density at radius 3 is 1.01 bits per heavy atom. The zero-order chi connectivity index (χ0) is 87.8. The molecule has 0 aliphatic rings. The molecule has 0 N–H and O–H groups in total. The molecule has 0 radical (unpaired) electrons. The summed E-state index contributed by atoms with van der Waals surface area (Å²) in [4.78, 5) is 7.02. The van der Waals surface area contributed by atoms with Gasteiger partial charge >= 0.3 is 0 Å². The van der Waals surface area contributed by atoms with E-state index in [0.29, 0.717) is 0 Å². The number of anilines is 9. The summed E-state index contributed by atoms with van der Waals surface area (Å²) in [5.74, 6) is 0. The first-order valence-corrected chi connectivity index (χ1v) is 47.3. The second kappa shape index (κ2) is 33.4. The Balaban J connectivity index is 0.000000108. The molecular weight excluding hydrogens is 1680 g/mol. The van der Waals surface area contributed by atoms with Crippen LogP contribution in [0.2, 0.25) is 0 Å². The highest BCUT2D eigenvalue weighted by atomic mass is 32.1. The van der Waals surface area contributed by atoms with Crippen molar-refractivity contribution < 1.29 is 13.3 Å². The maximum Gasteiger partial charge on any atom is 0.159 e. The summed E-state index contributed by atoms with van der Waals surface area (Å²) in [5, 5.41) is 17.0. The van der Waals surface area contributed by atoms with Gasteiger partial charge in [-0.15, -0.1) is 34.0 Å². The van der Waals surface area contributed by atoms with Crippen LogP contribution in [0.1, 0.15) is 0 Å². The molecule has 6 heterocycles. The summed E-state index contributed by atoms with van der Waals surface area (Å²) < 4.78 is 27.1. The molecule has 0 aliphatic heterocycles. The van der Waals surface area contributed by atoms with E-state index in [-0.39, 0.29) is 0 Å². The maximum atomic E-state index is 6.66. The predicted molar refractivity (Wildman–Crippen MR) is 569 cm³/mol. The maximum absolute atomic E-state index is 6.66. The van der Waals surface area contributed by atoms with Crippen LogP contribution in [0, 0.1) is 0 Å². The molecule has 27 rings (SSSR count). The lowest BCUT2D eigenvalue weighted by Crippen LogP contribution is -2.10. The summed E-state index contributed by atoms with van der Waals surface area (Å²) >= 11 is 5.56. The number of thiophene rings is 3. The van der Waals surface area contributed by atoms with E-state index in [1.54, 1.807) is 0 Å². The van der Waals surface area contributed by atoms with E-state index in [4.69, 9.17) is 13.3 Å². The molecule has 626 valence electrons. The Morgan fingerprint density at radius 1 is 0.143 bits per heavy atom. The quantitative estimate of drug-likeness (QED) is 0.108. The average molecular weight is 1760 g/mol. The molecule has 6 aromatic heterocycles. The van der Waals surface area contributed by atoms with E-state index in [0.717, 1.165) is 128 Å². The van der Waals surface area contributed by atoms with Gasteiger partial charge in [0.2, 0.25) is 0 Å². The average Bonchev–Trinajstić information content (AvgIpc) is 1.61. The van der Waals surface area contributed by atoms with E-state index in [9.17, 15) is 0 Å². The van der Waals surface area contributed by atoms with Crippen LogP contribution in [0.15, 0.2) is 492 Å². The summed E-state index contributed by atoms with van der Waals surface area (Å²) in [7, 11) is 0. The van der Waals surface area contributed by atoms with Gasteiger partial charge in [0.25, 0.3) is 0 Å². The standard InChI is InChI=1S/C48H31NOS.C40H25NOS.C36H23NOS/c1-3-12-32(13-4-1)36-28-37(33-14-5-2-6-15-33)30-39(29-36)49(44-19-11-18-42-40-16-7-9-20-45(40)50-48(42)44)38-25-22-34(23-26-38)35-24-27-47-43(31-35)41-17-8-10-21-46(41)51-47;1-2-11-30-27(9-1)10-7-15-35(30)41(36-16-8-14-33-31-12-3-5-17-37(31)42-40(33)36)29-22-19-26(20-23-29)28-21-24-39-34(25-28)32-13-4-6-18-38(32)43-39;1-2-8-26(9-3-1)37(28-19-20-31-30-11-5-7-13-35(30)39-36(31)23-28)27-17-14-24(15-18-27)25-16-21-34-32(22-25)29-10-4-6-12-33(29)38-34/h1-31H;1-25H;1-23H. The van der Waals surface area contributed by atoms with Crippen LogP contribution in [0.5, 0.6) is 0 Å². The van der Waals surface area contributed by atoms with Gasteiger partial charge in [0.15, 0.2) is 11.2 Å². The lowest BCUT2D eigenvalue weighted by atomic mass is 9.97. The first kappa shape index (κ1) is 78.6. The molecule has 0 atom stereocenters. The minimum atomic E-state index is 0.865. The van der Waals surface area contributed by atoms with Gasteiger partial charge in [0, 0.05) is 132 Å². The van der Waals surface area contributed by atoms with E-state index >= 15 is 0 Å². The van der Waals surface area contributed by atoms with Crippen molar-refractivity contribution in [1.29, 1.82) is 0 Å². The minimum Gasteiger partial charge on any atom is -0.456 e. The van der Waals surface area contributed by atoms with Gasteiger partial charge in [-0.1, -0.05) is 309 Å². The molecule has 6 nitrogen and oxygen atoms in total. The zero-order valence-electron chi connectivity index (χ0n) is 71.9. The number of hydrogen-bond acceptors (Lipinski definition) is 9. The van der Waals surface area contributed by atoms with E-state index in [2.05, 4.69) is 464 Å². The van der Waals surface area contributed by atoms with Crippen LogP contribution in [0.4, 0.5) is 51.2 Å². The van der Waals surface area contributed by atoms with Crippen molar-refractivity contribution in [2.45, 2.75) is 0 Å². The molecule has 0 saturated carbocycles. The fourth-order valence-electron chi connectivity index (χ4n) is 19.4. The van der Waals surface area contributed by atoms with E-state index in [1.165, 1.54) is 116 Å². The Kier molecular flexibility index (Phi) is 19.8. The molecule has 0 amide bonds. The molecule has 27 aromatic rings. The molecule has 0 aliphatic carbocycles. The second-order valence-corrected chi connectivity index (χ2v) is 36.9. The molecule has 0 bridgehead atoms. The molecule has 9 heteroatoms. The van der Waals surface area contributed by atoms with Gasteiger partial charge in [-0.3, -0.25) is 0 Å². The van der Waals surface area contributed by atoms with Crippen molar-refractivity contribution in [1.82, 2.24) is 0 Å². The highest BCUT2D eigenvalue weighted by molar-refractivity contribution is 7.26. The molecule has 133 heavy (non-hydrogen) atoms. The van der Waals surface area contributed by atoms with Crippen LogP contribution < -0.4 is 14.7 Å². The summed E-state index contributed by atoms with van der Waals surface area (Å²) in [5.41, 5.74) is 26.9. The number of furan rings is 3. The third kappa shape index (κ3) is 14.4. The van der Waals surface area contributed by atoms with Gasteiger partial charge in [-0.25, -0.2) is 0 Å². The van der Waals surface area contributed by atoms with Crippen LogP contribution in [0.3, 0.4) is 0 Å². The number of rotatable bonds is 14. The highest BCUT2D eigenvalue weighted by Crippen LogP contribution is 2.50. The smallest absolute Gasteiger partial charge is 0.159 e. The summed E-state index contributed by atoms with van der Waals surface area (Å²) in [6.07, 6.45) is 0. The fourth-order valence-corrected chi connectivity index (χ4v) is 22.7. The van der Waals surface area contributed by atoms with Crippen molar-refractivity contribution in [3.05, 3.63) is 479 Å². The molecule has 0 spiro atoms. The van der Waals surface area contributed by atoms with Crippen molar-refractivity contribution in [3.63, 3.8) is 0 Å². The van der Waals surface area contributed by atoms with Gasteiger partial charge in [-0.2, -0.15) is 0 Å². The van der Waals surface area contributed by atoms with Gasteiger partial charge in [0.1, 0.15) is 22.3 Å². The van der Waals surface area contributed by atoms with Crippen LogP contribution in [-0.4, -0.2) is 0 Å². The SMILES string of the molecule is c1ccc(-c2cc(-c3ccccc3)cc(N(c3ccc(-c4ccc5sc6ccccc6c5c4)cc3)c3cccc4c3oc3ccccc34)c2)cc1.c1ccc(N(c2ccc(-c3ccc4oc5ccccc5c4c3)cc2)c2ccc3c(c2)sc2ccccc23)cc1.c1ccc2c(N(c3ccc(-c4ccc5sc6ccccc6c5c4)cc3)c3cccc4c3oc3ccccc34)cccc2c1. The Morgan fingerprint density at radius 2 is 0.474 bits per heavy atom. The van der Waals surface area contributed by atoms with Gasteiger partial charge in [-0.05, 0) is 231 Å². The van der Waals surface area contributed by atoms with E-state index in [1.807, 2.05) is 64.3 Å². The first-order chi connectivity index (χ1) is 65.9. The largest absolute Gasteiger partial charge is 0.456 e. The first-order valence-electron chi connectivity index (χ1n) is 44.9. The highest BCUT2D eigenvalue weighted by Gasteiger charge is 2.26. The second-order valence-electron chi connectivity index (χ2n) is 33.7.